The van der Waals surface area contributed by atoms with E-state index in [9.17, 15) is 4.79 Å². The molecule has 3 heterocycles. The largest absolute Gasteiger partial charge is 0.367 e. The zero-order valence-electron chi connectivity index (χ0n) is 12.0. The van der Waals surface area contributed by atoms with Crippen LogP contribution in [0.3, 0.4) is 0 Å². The van der Waals surface area contributed by atoms with Crippen molar-refractivity contribution in [3.8, 4) is 0 Å². The number of nitrogens with zero attached hydrogens (tertiary/aromatic N) is 5. The highest BCUT2D eigenvalue weighted by Gasteiger charge is 2.18. The Balaban J connectivity index is 1.49. The van der Waals surface area contributed by atoms with E-state index in [0.29, 0.717) is 5.65 Å². The van der Waals surface area contributed by atoms with Crippen LogP contribution in [0.1, 0.15) is 6.92 Å². The van der Waals surface area contributed by atoms with Crippen LogP contribution >= 0.6 is 0 Å². The minimum Gasteiger partial charge on any atom is -0.367 e. The Kier molecular flexibility index (Phi) is 3.96. The highest BCUT2D eigenvalue weighted by Crippen LogP contribution is 2.13. The molecule has 0 radical (unpaired) electrons. The maximum atomic E-state index is 11.3. The Morgan fingerprint density at radius 2 is 2.10 bits per heavy atom. The number of anilines is 1. The van der Waals surface area contributed by atoms with Gasteiger partial charge in [0, 0.05) is 46.2 Å². The van der Waals surface area contributed by atoms with Gasteiger partial charge in [0.05, 0.1) is 6.33 Å². The average molecular weight is 289 g/mol. The molecule has 112 valence electrons. The van der Waals surface area contributed by atoms with Crippen LogP contribution in [0.4, 0.5) is 5.82 Å². The van der Waals surface area contributed by atoms with Crippen LogP contribution < -0.4 is 5.32 Å². The van der Waals surface area contributed by atoms with Crippen LogP contribution in [-0.4, -0.2) is 74.9 Å². The minimum atomic E-state index is 0.162. The van der Waals surface area contributed by atoms with E-state index in [1.807, 2.05) is 4.90 Å². The van der Waals surface area contributed by atoms with Gasteiger partial charge in [-0.3, -0.25) is 9.69 Å². The SMILES string of the molecule is CC(=O)N1CCN(CCNc2ncnc3nc[nH]c23)CC1. The Bertz CT molecular complexity index is 618. The van der Waals surface area contributed by atoms with Gasteiger partial charge in [0.15, 0.2) is 11.5 Å². The van der Waals surface area contributed by atoms with Crippen molar-refractivity contribution in [1.82, 2.24) is 29.7 Å². The van der Waals surface area contributed by atoms with Gasteiger partial charge in [0.25, 0.3) is 0 Å². The molecule has 1 aliphatic heterocycles. The van der Waals surface area contributed by atoms with E-state index in [-0.39, 0.29) is 5.91 Å². The van der Waals surface area contributed by atoms with Crippen molar-refractivity contribution in [3.05, 3.63) is 12.7 Å². The Morgan fingerprint density at radius 1 is 1.29 bits per heavy atom. The summed E-state index contributed by atoms with van der Waals surface area (Å²) >= 11 is 0. The van der Waals surface area contributed by atoms with Crippen molar-refractivity contribution < 1.29 is 4.79 Å². The molecule has 1 aliphatic rings. The maximum absolute atomic E-state index is 11.3. The predicted molar refractivity (Wildman–Crippen MR) is 78.9 cm³/mol. The number of aromatic nitrogens is 4. The van der Waals surface area contributed by atoms with Crippen LogP contribution in [0.2, 0.25) is 0 Å². The van der Waals surface area contributed by atoms with E-state index in [4.69, 9.17) is 0 Å². The van der Waals surface area contributed by atoms with Crippen molar-refractivity contribution in [2.75, 3.05) is 44.6 Å². The molecule has 3 rings (SSSR count). The van der Waals surface area contributed by atoms with E-state index < -0.39 is 0 Å². The number of hydrogen-bond acceptors (Lipinski definition) is 6. The van der Waals surface area contributed by atoms with E-state index in [0.717, 1.165) is 50.6 Å². The third kappa shape index (κ3) is 3.10. The smallest absolute Gasteiger partial charge is 0.219 e. The van der Waals surface area contributed by atoms with Crippen LogP contribution in [0.15, 0.2) is 12.7 Å². The number of piperazine rings is 1. The zero-order chi connectivity index (χ0) is 14.7. The molecule has 1 fully saturated rings. The van der Waals surface area contributed by atoms with Gasteiger partial charge in [-0.15, -0.1) is 0 Å². The number of rotatable bonds is 4. The van der Waals surface area contributed by atoms with Crippen molar-refractivity contribution in [3.63, 3.8) is 0 Å². The van der Waals surface area contributed by atoms with Crippen molar-refractivity contribution in [2.45, 2.75) is 6.92 Å². The van der Waals surface area contributed by atoms with Gasteiger partial charge in [-0.1, -0.05) is 0 Å². The van der Waals surface area contributed by atoms with Gasteiger partial charge < -0.3 is 15.2 Å². The summed E-state index contributed by atoms with van der Waals surface area (Å²) in [4.78, 5) is 31.0. The molecule has 8 heteroatoms. The lowest BCUT2D eigenvalue weighted by atomic mass is 10.3. The highest BCUT2D eigenvalue weighted by molar-refractivity contribution is 5.81. The molecule has 8 nitrogen and oxygen atoms in total. The van der Waals surface area contributed by atoms with E-state index >= 15 is 0 Å². The minimum absolute atomic E-state index is 0.162. The van der Waals surface area contributed by atoms with E-state index in [1.165, 1.54) is 6.33 Å². The molecule has 21 heavy (non-hydrogen) atoms. The second-order valence-electron chi connectivity index (χ2n) is 5.10. The highest BCUT2D eigenvalue weighted by atomic mass is 16.2. The maximum Gasteiger partial charge on any atom is 0.219 e. The van der Waals surface area contributed by atoms with Crippen molar-refractivity contribution in [2.24, 2.45) is 0 Å². The number of amides is 1. The lowest BCUT2D eigenvalue weighted by Gasteiger charge is -2.34. The lowest BCUT2D eigenvalue weighted by Crippen LogP contribution is -2.49. The lowest BCUT2D eigenvalue weighted by molar-refractivity contribution is -0.130. The molecule has 0 bridgehead atoms. The van der Waals surface area contributed by atoms with E-state index in [2.05, 4.69) is 30.2 Å². The van der Waals surface area contributed by atoms with Crippen LogP contribution in [0, 0.1) is 0 Å². The van der Waals surface area contributed by atoms with Gasteiger partial charge >= 0.3 is 0 Å². The van der Waals surface area contributed by atoms with Crippen molar-refractivity contribution in [1.29, 1.82) is 0 Å². The van der Waals surface area contributed by atoms with Gasteiger partial charge in [-0.2, -0.15) is 0 Å². The molecule has 0 aliphatic carbocycles. The molecule has 0 atom stereocenters. The topological polar surface area (TPSA) is 90.0 Å². The molecule has 1 amide bonds. The second-order valence-corrected chi connectivity index (χ2v) is 5.10. The Hall–Kier alpha value is -2.22. The second kappa shape index (κ2) is 6.04. The first-order valence-electron chi connectivity index (χ1n) is 7.10. The first-order chi connectivity index (χ1) is 10.2. The molecule has 0 spiro atoms. The summed E-state index contributed by atoms with van der Waals surface area (Å²) in [6.07, 6.45) is 3.13. The molecule has 0 saturated carbocycles. The predicted octanol–water partition coefficient (Wildman–Crippen LogP) is -0.0711. The Morgan fingerprint density at radius 3 is 2.86 bits per heavy atom. The average Bonchev–Trinajstić information content (AvgIpc) is 2.97. The fourth-order valence-electron chi connectivity index (χ4n) is 2.52. The number of H-pyrrole nitrogens is 1. The molecule has 2 aromatic rings. The fourth-order valence-corrected chi connectivity index (χ4v) is 2.52. The zero-order valence-corrected chi connectivity index (χ0v) is 12.0. The van der Waals surface area contributed by atoms with Crippen LogP contribution in [-0.2, 0) is 4.79 Å². The number of fused-ring (bicyclic) bond motifs is 1. The molecule has 0 unspecified atom stereocenters. The van der Waals surface area contributed by atoms with Gasteiger partial charge in [0.1, 0.15) is 11.8 Å². The summed E-state index contributed by atoms with van der Waals surface area (Å²) in [5.41, 5.74) is 1.50. The van der Waals surface area contributed by atoms with Gasteiger partial charge in [0.2, 0.25) is 5.91 Å². The number of carbonyl (C=O) groups excluding carboxylic acids is 1. The third-order valence-corrected chi connectivity index (χ3v) is 3.76. The molecule has 0 aromatic carbocycles. The number of hydrogen-bond donors (Lipinski definition) is 2. The molecule has 2 N–H and O–H groups in total. The monoisotopic (exact) mass is 289 g/mol. The number of carbonyl (C=O) groups is 1. The van der Waals surface area contributed by atoms with E-state index in [1.54, 1.807) is 13.3 Å². The summed E-state index contributed by atoms with van der Waals surface area (Å²) in [6.45, 7) is 6.81. The van der Waals surface area contributed by atoms with Gasteiger partial charge in [-0.25, -0.2) is 15.0 Å². The standard InChI is InChI=1S/C13H19N7O/c1-10(21)20-6-4-19(5-7-20)3-2-14-12-11-13(16-8-15-11)18-9-17-12/h8-9H,2-7H2,1H3,(H2,14,15,16,17,18). The molecule has 1 saturated heterocycles. The third-order valence-electron chi connectivity index (χ3n) is 3.76. The fraction of sp³-hybridized carbons (Fsp3) is 0.538. The van der Waals surface area contributed by atoms with Crippen LogP contribution in [0.5, 0.6) is 0 Å². The first kappa shape index (κ1) is 13.7. The number of aromatic amines is 1. The first-order valence-corrected chi connectivity index (χ1v) is 7.10. The summed E-state index contributed by atoms with van der Waals surface area (Å²) in [5.74, 6) is 0.940. The quantitative estimate of drug-likeness (QED) is 0.819. The molecule has 2 aromatic heterocycles. The summed E-state index contributed by atoms with van der Waals surface area (Å²) in [6, 6.07) is 0. The molecular weight excluding hydrogens is 270 g/mol. The summed E-state index contributed by atoms with van der Waals surface area (Å²) < 4.78 is 0. The van der Waals surface area contributed by atoms with Gasteiger partial charge in [-0.05, 0) is 0 Å². The Labute approximate surface area is 122 Å². The van der Waals surface area contributed by atoms with Crippen LogP contribution in [0.25, 0.3) is 11.2 Å². The number of nitrogens with one attached hydrogen (secondary N) is 2. The normalized spacial score (nSPS) is 16.3. The van der Waals surface area contributed by atoms with Crippen molar-refractivity contribution >= 4 is 22.9 Å². The number of imidazole rings is 1. The summed E-state index contributed by atoms with van der Waals surface area (Å²) in [5, 5.41) is 3.31. The summed E-state index contributed by atoms with van der Waals surface area (Å²) in [7, 11) is 0. The molecular formula is C13H19N7O.